The number of halogens is 1. The van der Waals surface area contributed by atoms with Crippen molar-refractivity contribution in [3.8, 4) is 0 Å². The highest BCUT2D eigenvalue weighted by atomic mass is 35.5. The van der Waals surface area contributed by atoms with Crippen LogP contribution in [0.1, 0.15) is 19.8 Å². The Balaban J connectivity index is 2.04. The molecule has 0 aliphatic carbocycles. The van der Waals surface area contributed by atoms with Gasteiger partial charge in [-0.25, -0.2) is 13.1 Å². The maximum absolute atomic E-state index is 12.2. The predicted molar refractivity (Wildman–Crippen MR) is 76.0 cm³/mol. The molecule has 106 valence electrons. The zero-order chi connectivity index (χ0) is 13.9. The Bertz CT molecular complexity index is 533. The molecule has 0 bridgehead atoms. The van der Waals surface area contributed by atoms with Gasteiger partial charge in [0.05, 0.1) is 24.7 Å². The molecule has 0 amide bonds. The Hall–Kier alpha value is -0.620. The van der Waals surface area contributed by atoms with E-state index in [1.807, 2.05) is 0 Å². The lowest BCUT2D eigenvalue weighted by molar-refractivity contribution is -0.909. The molecule has 4 nitrogen and oxygen atoms in total. The fourth-order valence-electron chi connectivity index (χ4n) is 2.65. The van der Waals surface area contributed by atoms with E-state index in [4.69, 9.17) is 11.6 Å². The summed E-state index contributed by atoms with van der Waals surface area (Å²) < 4.78 is 27.1. The summed E-state index contributed by atoms with van der Waals surface area (Å²) in [6.07, 6.45) is 2.25. The minimum absolute atomic E-state index is 0.160. The molecule has 1 heterocycles. The van der Waals surface area contributed by atoms with Crippen LogP contribution in [0.3, 0.4) is 0 Å². The lowest BCUT2D eigenvalue weighted by Gasteiger charge is -2.20. The molecule has 1 aliphatic rings. The molecule has 2 rings (SSSR count). The maximum Gasteiger partial charge on any atom is 0.242 e. The van der Waals surface area contributed by atoms with Crippen LogP contribution in [0.4, 0.5) is 0 Å². The first-order valence-corrected chi connectivity index (χ1v) is 8.49. The van der Waals surface area contributed by atoms with Crippen molar-refractivity contribution >= 4 is 21.6 Å². The van der Waals surface area contributed by atoms with Crippen molar-refractivity contribution in [1.82, 2.24) is 4.72 Å². The molecule has 1 aromatic carbocycles. The molecule has 1 saturated heterocycles. The first kappa shape index (κ1) is 14.8. The van der Waals surface area contributed by atoms with Crippen molar-refractivity contribution in [1.29, 1.82) is 0 Å². The van der Waals surface area contributed by atoms with Gasteiger partial charge in [0, 0.05) is 12.8 Å². The van der Waals surface area contributed by atoms with Crippen molar-refractivity contribution < 1.29 is 13.3 Å². The second-order valence-electron chi connectivity index (χ2n) is 4.88. The SMILES string of the molecule is CC[NH+]1CCC[C@H]1CNS(=O)(=O)c1ccccc1Cl. The fraction of sp³-hybridized carbons (Fsp3) is 0.538. The van der Waals surface area contributed by atoms with Crippen LogP contribution in [0.2, 0.25) is 5.02 Å². The first-order chi connectivity index (χ1) is 9.04. The number of nitrogens with one attached hydrogen (secondary N) is 2. The number of quaternary nitrogens is 1. The van der Waals surface area contributed by atoms with E-state index < -0.39 is 10.0 Å². The molecule has 1 aliphatic heterocycles. The van der Waals surface area contributed by atoms with Gasteiger partial charge in [0.25, 0.3) is 0 Å². The molecule has 19 heavy (non-hydrogen) atoms. The average molecular weight is 304 g/mol. The summed E-state index contributed by atoms with van der Waals surface area (Å²) in [7, 11) is -3.51. The van der Waals surface area contributed by atoms with Gasteiger partial charge in [0.2, 0.25) is 10.0 Å². The molecule has 2 atom stereocenters. The van der Waals surface area contributed by atoms with Crippen molar-refractivity contribution in [2.24, 2.45) is 0 Å². The monoisotopic (exact) mass is 303 g/mol. The Morgan fingerprint density at radius 3 is 2.84 bits per heavy atom. The van der Waals surface area contributed by atoms with E-state index >= 15 is 0 Å². The quantitative estimate of drug-likeness (QED) is 0.841. The van der Waals surface area contributed by atoms with Crippen LogP contribution in [0.5, 0.6) is 0 Å². The Kier molecular flexibility index (Phi) is 4.84. The summed E-state index contributed by atoms with van der Waals surface area (Å²) in [6.45, 7) is 4.79. The van der Waals surface area contributed by atoms with Gasteiger partial charge >= 0.3 is 0 Å². The molecule has 0 spiro atoms. The van der Waals surface area contributed by atoms with Crippen LogP contribution < -0.4 is 9.62 Å². The first-order valence-electron chi connectivity index (χ1n) is 6.63. The number of likely N-dealkylation sites (tertiary alicyclic amines) is 1. The third-order valence-corrected chi connectivity index (χ3v) is 5.65. The van der Waals surface area contributed by atoms with E-state index in [2.05, 4.69) is 11.6 Å². The van der Waals surface area contributed by atoms with Crippen LogP contribution in [-0.4, -0.2) is 34.1 Å². The smallest absolute Gasteiger partial charge is 0.242 e. The maximum atomic E-state index is 12.2. The number of hydrogen-bond donors (Lipinski definition) is 2. The van der Waals surface area contributed by atoms with Crippen LogP contribution >= 0.6 is 11.6 Å². The molecule has 1 fully saturated rings. The molecule has 0 radical (unpaired) electrons. The Morgan fingerprint density at radius 1 is 1.42 bits per heavy atom. The van der Waals surface area contributed by atoms with Gasteiger partial charge in [0.1, 0.15) is 10.9 Å². The molecule has 1 aromatic rings. The summed E-state index contributed by atoms with van der Waals surface area (Å²) in [5, 5.41) is 0.265. The highest BCUT2D eigenvalue weighted by molar-refractivity contribution is 7.89. The average Bonchev–Trinajstić information content (AvgIpc) is 2.84. The molecule has 2 N–H and O–H groups in total. The molecule has 0 aromatic heterocycles. The van der Waals surface area contributed by atoms with Gasteiger partial charge < -0.3 is 4.90 Å². The molecule has 0 saturated carbocycles. The van der Waals surface area contributed by atoms with E-state index in [0.29, 0.717) is 12.6 Å². The van der Waals surface area contributed by atoms with Crippen molar-refractivity contribution in [2.45, 2.75) is 30.7 Å². The normalized spacial score (nSPS) is 23.7. The van der Waals surface area contributed by atoms with E-state index in [1.54, 1.807) is 18.2 Å². The van der Waals surface area contributed by atoms with Crippen molar-refractivity contribution in [3.05, 3.63) is 29.3 Å². The second kappa shape index (κ2) is 6.22. The van der Waals surface area contributed by atoms with Gasteiger partial charge in [-0.3, -0.25) is 0 Å². The molecule has 6 heteroatoms. The van der Waals surface area contributed by atoms with E-state index in [1.165, 1.54) is 17.4 Å². The predicted octanol–water partition coefficient (Wildman–Crippen LogP) is 0.686. The Labute approximate surface area is 119 Å². The topological polar surface area (TPSA) is 50.6 Å². The van der Waals surface area contributed by atoms with E-state index in [9.17, 15) is 8.42 Å². The summed E-state index contributed by atoms with van der Waals surface area (Å²) in [5.41, 5.74) is 0. The van der Waals surface area contributed by atoms with Crippen molar-refractivity contribution in [2.75, 3.05) is 19.6 Å². The van der Waals surface area contributed by atoms with Gasteiger partial charge in [0.15, 0.2) is 0 Å². The third kappa shape index (κ3) is 3.48. The van der Waals surface area contributed by atoms with Gasteiger partial charge in [-0.1, -0.05) is 23.7 Å². The fourth-order valence-corrected chi connectivity index (χ4v) is 4.25. The summed E-state index contributed by atoms with van der Waals surface area (Å²) >= 11 is 5.94. The number of likely N-dealkylation sites (N-methyl/N-ethyl adjacent to an activating group) is 1. The summed E-state index contributed by atoms with van der Waals surface area (Å²) in [6, 6.07) is 6.90. The lowest BCUT2D eigenvalue weighted by atomic mass is 10.2. The molecule has 1 unspecified atom stereocenters. The van der Waals surface area contributed by atoms with E-state index in [-0.39, 0.29) is 9.92 Å². The largest absolute Gasteiger partial charge is 0.332 e. The second-order valence-corrected chi connectivity index (χ2v) is 7.03. The zero-order valence-corrected chi connectivity index (χ0v) is 12.6. The van der Waals surface area contributed by atoms with Gasteiger partial charge in [-0.05, 0) is 19.1 Å². The number of benzene rings is 1. The highest BCUT2D eigenvalue weighted by Crippen LogP contribution is 2.20. The van der Waals surface area contributed by atoms with Gasteiger partial charge in [-0.2, -0.15) is 0 Å². The molecular formula is C13H20ClN2O2S+. The standard InChI is InChI=1S/C13H19ClN2O2S/c1-2-16-9-5-6-11(16)10-15-19(17,18)13-8-4-3-7-12(13)14/h3-4,7-8,11,15H,2,5-6,9-10H2,1H3/p+1/t11-/m0/s1. The summed E-state index contributed by atoms with van der Waals surface area (Å²) in [5.74, 6) is 0. The van der Waals surface area contributed by atoms with Crippen molar-refractivity contribution in [3.63, 3.8) is 0 Å². The van der Waals surface area contributed by atoms with Gasteiger partial charge in [-0.15, -0.1) is 0 Å². The number of sulfonamides is 1. The highest BCUT2D eigenvalue weighted by Gasteiger charge is 2.28. The van der Waals surface area contributed by atoms with Crippen LogP contribution in [-0.2, 0) is 10.0 Å². The Morgan fingerprint density at radius 2 is 2.16 bits per heavy atom. The number of rotatable bonds is 5. The van der Waals surface area contributed by atoms with Crippen LogP contribution in [0.15, 0.2) is 29.2 Å². The summed E-state index contributed by atoms with van der Waals surface area (Å²) in [4.78, 5) is 1.63. The minimum Gasteiger partial charge on any atom is -0.332 e. The van der Waals surface area contributed by atoms with Crippen LogP contribution in [0, 0.1) is 0 Å². The van der Waals surface area contributed by atoms with E-state index in [0.717, 1.165) is 19.5 Å². The minimum atomic E-state index is -3.51. The number of hydrogen-bond acceptors (Lipinski definition) is 2. The van der Waals surface area contributed by atoms with Crippen LogP contribution in [0.25, 0.3) is 0 Å². The zero-order valence-electron chi connectivity index (χ0n) is 11.0. The third-order valence-electron chi connectivity index (χ3n) is 3.73. The lowest BCUT2D eigenvalue weighted by Crippen LogP contribution is -3.14. The molecular weight excluding hydrogens is 284 g/mol.